The molecule has 4 saturated heterocycles. The Hall–Kier alpha value is -6.46. The van der Waals surface area contributed by atoms with Crippen molar-refractivity contribution in [2.75, 3.05) is 39.5 Å². The fraction of sp³-hybridized carbons (Fsp3) is 0.469. The number of hydrogen-bond acceptors (Lipinski definition) is 9. The van der Waals surface area contributed by atoms with Crippen molar-refractivity contribution >= 4 is 34.8 Å². The predicted molar refractivity (Wildman–Crippen MR) is 242 cm³/mol. The number of carbonyl (C=O) groups is 4. The lowest BCUT2D eigenvalue weighted by Crippen LogP contribution is -2.52. The standard InChI is InChI=1S/C49H56N8O9/c1-49(2)33-11-8-31(35-26-51-44(53-35)37-6-4-18-57(37)46(59)42(55-48(62)63)28-15-21-65-22-16-28)24-39(33)66-38-12-9-29-23-30(7-10-32(29)40(38)49)34-25-50-43(52-34)36-5-3-17-56(36)45(58)41(54-47(60)61)27-13-19-64-20-14-27/h7-12,23-28,36-37,41-42,54-55H,3-6,13-22H2,1-2H3,(H,50,52)(H,51,53)(H,60,61)(H,62,63)/t36-,37-,41?,42?/m0/s1. The number of benzene rings is 3. The van der Waals surface area contributed by atoms with Crippen LogP contribution in [-0.4, -0.2) is 116 Å². The maximum atomic E-state index is 13.9. The van der Waals surface area contributed by atoms with Gasteiger partial charge in [-0.05, 0) is 92.2 Å². The molecule has 17 nitrogen and oxygen atoms in total. The molecular weight excluding hydrogens is 845 g/mol. The summed E-state index contributed by atoms with van der Waals surface area (Å²) in [5, 5.41) is 26.4. The van der Waals surface area contributed by atoms with Crippen LogP contribution < -0.4 is 15.4 Å². The lowest BCUT2D eigenvalue weighted by molar-refractivity contribution is -0.137. The van der Waals surface area contributed by atoms with E-state index in [9.17, 15) is 29.4 Å². The van der Waals surface area contributed by atoms with Crippen LogP contribution in [0.2, 0.25) is 0 Å². The third-order valence-corrected chi connectivity index (χ3v) is 14.6. The minimum atomic E-state index is -1.21. The molecule has 2 aromatic heterocycles. The summed E-state index contributed by atoms with van der Waals surface area (Å²) in [5.41, 5.74) is 5.15. The number of H-pyrrole nitrogens is 2. The van der Waals surface area contributed by atoms with E-state index in [-0.39, 0.29) is 35.7 Å². The molecule has 5 aromatic rings. The van der Waals surface area contributed by atoms with Gasteiger partial charge in [0, 0.05) is 67.2 Å². The normalized spacial score (nSPS) is 21.7. The van der Waals surface area contributed by atoms with E-state index in [0.717, 1.165) is 81.6 Å². The van der Waals surface area contributed by atoms with Gasteiger partial charge < -0.3 is 54.8 Å². The first-order chi connectivity index (χ1) is 31.9. The highest BCUT2D eigenvalue weighted by Gasteiger charge is 2.42. The number of amides is 4. The number of aromatic amines is 2. The molecule has 0 bridgehead atoms. The molecule has 0 saturated carbocycles. The maximum absolute atomic E-state index is 13.9. The number of nitrogens with zero attached hydrogens (tertiary/aromatic N) is 4. The molecule has 4 atom stereocenters. The van der Waals surface area contributed by atoms with Gasteiger partial charge in [-0.15, -0.1) is 0 Å². The average molecular weight is 901 g/mol. The SMILES string of the molecule is CC1(C)c2ccc(-c3cnc([C@@H]4CCCN4C(=O)C(NC(=O)O)C4CCOCC4)[nH]3)cc2Oc2ccc3cc(-c4cnc([C@@H]5CCCN5C(=O)C(NC(=O)O)C5CCOCC5)[nH]4)ccc3c21. The fourth-order valence-corrected chi connectivity index (χ4v) is 11.2. The number of carboxylic acid groups (broad SMARTS) is 2. The van der Waals surface area contributed by atoms with E-state index in [4.69, 9.17) is 24.2 Å². The van der Waals surface area contributed by atoms with E-state index in [0.29, 0.717) is 76.8 Å². The van der Waals surface area contributed by atoms with Gasteiger partial charge in [0.2, 0.25) is 11.8 Å². The molecule has 17 heteroatoms. The van der Waals surface area contributed by atoms with Crippen LogP contribution in [0.1, 0.15) is 100 Å². The zero-order chi connectivity index (χ0) is 45.7. The quantitative estimate of drug-likeness (QED) is 0.0805. The number of hydrogen-bond donors (Lipinski definition) is 6. The van der Waals surface area contributed by atoms with Gasteiger partial charge in [-0.1, -0.05) is 44.2 Å². The minimum Gasteiger partial charge on any atom is -0.465 e. The molecule has 2 unspecified atom stereocenters. The maximum Gasteiger partial charge on any atom is 0.405 e. The average Bonchev–Trinajstić information content (AvgIpc) is 4.17. The number of rotatable bonds is 10. The Bertz CT molecular complexity index is 2670. The smallest absolute Gasteiger partial charge is 0.405 e. The van der Waals surface area contributed by atoms with Crippen LogP contribution in [0, 0.1) is 11.8 Å². The van der Waals surface area contributed by atoms with Gasteiger partial charge in [-0.2, -0.15) is 0 Å². The summed E-state index contributed by atoms with van der Waals surface area (Å²) in [7, 11) is 0. The molecule has 66 heavy (non-hydrogen) atoms. The van der Waals surface area contributed by atoms with Crippen LogP contribution >= 0.6 is 0 Å². The molecule has 0 radical (unpaired) electrons. The second-order valence-corrected chi connectivity index (χ2v) is 18.8. The lowest BCUT2D eigenvalue weighted by atomic mass is 9.73. The van der Waals surface area contributed by atoms with Crippen LogP contribution in [0.4, 0.5) is 9.59 Å². The number of aromatic nitrogens is 4. The highest BCUT2D eigenvalue weighted by molar-refractivity contribution is 5.93. The molecule has 5 aliphatic rings. The van der Waals surface area contributed by atoms with Gasteiger partial charge in [0.1, 0.15) is 35.2 Å². The Morgan fingerprint density at radius 1 is 0.682 bits per heavy atom. The Labute approximate surface area is 381 Å². The minimum absolute atomic E-state index is 0.125. The first kappa shape index (κ1) is 43.4. The summed E-state index contributed by atoms with van der Waals surface area (Å²) in [6.07, 6.45) is 6.69. The van der Waals surface area contributed by atoms with E-state index in [1.807, 2.05) is 12.1 Å². The highest BCUT2D eigenvalue weighted by Crippen LogP contribution is 2.51. The Morgan fingerprint density at radius 3 is 1.73 bits per heavy atom. The Balaban J connectivity index is 0.860. The summed E-state index contributed by atoms with van der Waals surface area (Å²) in [4.78, 5) is 71.5. The first-order valence-corrected chi connectivity index (χ1v) is 23.2. The van der Waals surface area contributed by atoms with Crippen molar-refractivity contribution in [3.8, 4) is 34.0 Å². The monoisotopic (exact) mass is 900 g/mol. The van der Waals surface area contributed by atoms with Gasteiger partial charge in [0.05, 0.1) is 35.9 Å². The van der Waals surface area contributed by atoms with E-state index in [1.165, 1.54) is 0 Å². The van der Waals surface area contributed by atoms with Crippen molar-refractivity contribution in [2.24, 2.45) is 11.8 Å². The Kier molecular flexibility index (Phi) is 11.7. The van der Waals surface area contributed by atoms with Crippen molar-refractivity contribution < 1.29 is 43.6 Å². The molecule has 5 aliphatic heterocycles. The predicted octanol–water partition coefficient (Wildman–Crippen LogP) is 7.50. The largest absolute Gasteiger partial charge is 0.465 e. The second kappa shape index (κ2) is 17.7. The van der Waals surface area contributed by atoms with Gasteiger partial charge in [0.15, 0.2) is 0 Å². The van der Waals surface area contributed by atoms with E-state index < -0.39 is 29.7 Å². The summed E-state index contributed by atoms with van der Waals surface area (Å²) >= 11 is 0. The number of nitrogens with one attached hydrogen (secondary N) is 4. The van der Waals surface area contributed by atoms with Crippen molar-refractivity contribution in [3.63, 3.8) is 0 Å². The van der Waals surface area contributed by atoms with E-state index >= 15 is 0 Å². The summed E-state index contributed by atoms with van der Waals surface area (Å²) < 4.78 is 17.7. The van der Waals surface area contributed by atoms with Crippen LogP contribution in [-0.2, 0) is 24.5 Å². The van der Waals surface area contributed by atoms with Crippen molar-refractivity contribution in [3.05, 3.63) is 83.7 Å². The summed E-state index contributed by atoms with van der Waals surface area (Å²) in [5.74, 6) is 2.18. The fourth-order valence-electron chi connectivity index (χ4n) is 11.2. The van der Waals surface area contributed by atoms with E-state index in [2.05, 4.69) is 70.8 Å². The second-order valence-electron chi connectivity index (χ2n) is 18.8. The molecule has 7 heterocycles. The zero-order valence-electron chi connectivity index (χ0n) is 37.2. The zero-order valence-corrected chi connectivity index (χ0v) is 37.2. The third kappa shape index (κ3) is 8.12. The van der Waals surface area contributed by atoms with Gasteiger partial charge in [-0.3, -0.25) is 9.59 Å². The molecule has 346 valence electrons. The number of ether oxygens (including phenoxy) is 3. The number of imidazole rings is 2. The van der Waals surface area contributed by atoms with Crippen molar-refractivity contribution in [1.82, 2.24) is 40.4 Å². The molecule has 6 N–H and O–H groups in total. The molecule has 3 aromatic carbocycles. The van der Waals surface area contributed by atoms with Crippen LogP contribution in [0.15, 0.2) is 60.9 Å². The third-order valence-electron chi connectivity index (χ3n) is 14.6. The number of carbonyl (C=O) groups excluding carboxylic acids is 2. The molecule has 0 spiro atoms. The summed E-state index contributed by atoms with van der Waals surface area (Å²) in [6.45, 7) is 7.50. The van der Waals surface area contributed by atoms with Crippen LogP contribution in [0.3, 0.4) is 0 Å². The van der Waals surface area contributed by atoms with Gasteiger partial charge in [-0.25, -0.2) is 19.6 Å². The van der Waals surface area contributed by atoms with Gasteiger partial charge in [0.25, 0.3) is 0 Å². The highest BCUT2D eigenvalue weighted by atomic mass is 16.5. The van der Waals surface area contributed by atoms with Crippen LogP contribution in [0.25, 0.3) is 33.3 Å². The molecular formula is C49H56N8O9. The first-order valence-electron chi connectivity index (χ1n) is 23.2. The van der Waals surface area contributed by atoms with Crippen molar-refractivity contribution in [2.45, 2.75) is 94.8 Å². The summed E-state index contributed by atoms with van der Waals surface area (Å²) in [6, 6.07) is 14.4. The number of likely N-dealkylation sites (tertiary alicyclic amines) is 2. The molecule has 4 amide bonds. The lowest BCUT2D eigenvalue weighted by Gasteiger charge is -2.35. The molecule has 4 fully saturated rings. The Morgan fingerprint density at radius 2 is 1.20 bits per heavy atom. The molecule has 10 rings (SSSR count). The van der Waals surface area contributed by atoms with E-state index in [1.54, 1.807) is 22.2 Å². The number of fused-ring (bicyclic) bond motifs is 4. The molecule has 0 aliphatic carbocycles. The van der Waals surface area contributed by atoms with Crippen LogP contribution in [0.5, 0.6) is 11.5 Å². The topological polar surface area (TPSA) is 224 Å². The van der Waals surface area contributed by atoms with Crippen molar-refractivity contribution in [1.29, 1.82) is 0 Å². The van der Waals surface area contributed by atoms with Gasteiger partial charge >= 0.3 is 12.2 Å².